The molecule has 0 fully saturated rings. The van der Waals surface area contributed by atoms with Gasteiger partial charge in [0.25, 0.3) is 0 Å². The van der Waals surface area contributed by atoms with Crippen molar-refractivity contribution in [3.05, 3.63) is 70.6 Å². The summed E-state index contributed by atoms with van der Waals surface area (Å²) >= 11 is 5.42. The van der Waals surface area contributed by atoms with Crippen LogP contribution in [0.2, 0.25) is 0 Å². The van der Waals surface area contributed by atoms with E-state index in [1.165, 1.54) is 0 Å². The normalized spacial score (nSPS) is 10.6. The minimum absolute atomic E-state index is 0.0324. The molecule has 3 rings (SSSR count). The molecule has 6 nitrogen and oxygen atoms in total. The number of nitrogens with two attached hydrogens (primary N) is 1. The fraction of sp³-hybridized carbons (Fsp3) is 0.105. The van der Waals surface area contributed by atoms with Crippen LogP contribution in [0.15, 0.2) is 54.7 Å². The van der Waals surface area contributed by atoms with Crippen LogP contribution in [0.5, 0.6) is 0 Å². The molecule has 0 aliphatic carbocycles. The number of H-pyrrole nitrogens is 1. The summed E-state index contributed by atoms with van der Waals surface area (Å²) in [5, 5.41) is 16.2. The molecular formula is C19H18N4O2S. The van der Waals surface area contributed by atoms with Crippen molar-refractivity contribution in [2.75, 3.05) is 0 Å². The van der Waals surface area contributed by atoms with E-state index in [4.69, 9.17) is 28.5 Å². The summed E-state index contributed by atoms with van der Waals surface area (Å²) in [7, 11) is 0. The Morgan fingerprint density at radius 1 is 1.15 bits per heavy atom. The summed E-state index contributed by atoms with van der Waals surface area (Å²) in [6, 6.07) is 15.0. The number of nitrogens with one attached hydrogen (secondary N) is 2. The molecule has 1 heterocycles. The van der Waals surface area contributed by atoms with E-state index in [-0.39, 0.29) is 12.3 Å². The number of imidazole rings is 1. The highest BCUT2D eigenvalue weighted by atomic mass is 32.1. The van der Waals surface area contributed by atoms with E-state index in [0.29, 0.717) is 16.8 Å². The largest absolute Gasteiger partial charge is 0.481 e. The first kappa shape index (κ1) is 17.6. The molecule has 1 aromatic heterocycles. The number of carboxylic acid groups (broad SMARTS) is 1. The maximum atomic E-state index is 10.7. The summed E-state index contributed by atoms with van der Waals surface area (Å²) in [5.74, 6) is -0.771. The molecule has 26 heavy (non-hydrogen) atoms. The second-order valence-electron chi connectivity index (χ2n) is 5.89. The first-order valence-corrected chi connectivity index (χ1v) is 8.42. The van der Waals surface area contributed by atoms with Gasteiger partial charge in [0.05, 0.1) is 5.69 Å². The molecule has 0 aliphatic heterocycles. The van der Waals surface area contributed by atoms with Gasteiger partial charge >= 0.3 is 5.97 Å². The van der Waals surface area contributed by atoms with Crippen LogP contribution >= 0.6 is 12.2 Å². The topological polar surface area (TPSA) is 108 Å². The van der Waals surface area contributed by atoms with Gasteiger partial charge in [-0.2, -0.15) is 0 Å². The SMILES string of the molecule is N=C(N)c1ccc(-c2cn(-c3ccc(CCC(=O)O)cc3)c(=S)[nH]2)cc1. The zero-order valence-electron chi connectivity index (χ0n) is 13.9. The van der Waals surface area contributed by atoms with E-state index in [9.17, 15) is 4.79 Å². The highest BCUT2D eigenvalue weighted by molar-refractivity contribution is 7.71. The zero-order chi connectivity index (χ0) is 18.7. The fourth-order valence-electron chi connectivity index (χ4n) is 2.64. The minimum Gasteiger partial charge on any atom is -0.481 e. The maximum Gasteiger partial charge on any atom is 0.303 e. The Bertz CT molecular complexity index is 1000. The highest BCUT2D eigenvalue weighted by Crippen LogP contribution is 2.21. The average molecular weight is 366 g/mol. The molecule has 2 aromatic carbocycles. The third-order valence-electron chi connectivity index (χ3n) is 4.07. The van der Waals surface area contributed by atoms with Crippen LogP contribution in [-0.4, -0.2) is 26.5 Å². The van der Waals surface area contributed by atoms with Gasteiger partial charge < -0.3 is 15.8 Å². The Balaban J connectivity index is 1.85. The lowest BCUT2D eigenvalue weighted by Crippen LogP contribution is -2.10. The smallest absolute Gasteiger partial charge is 0.303 e. The number of rotatable bonds is 6. The number of benzene rings is 2. The number of aromatic amines is 1. The maximum absolute atomic E-state index is 10.7. The second kappa shape index (κ2) is 7.37. The molecule has 0 unspecified atom stereocenters. The van der Waals surface area contributed by atoms with Crippen molar-refractivity contribution < 1.29 is 9.90 Å². The van der Waals surface area contributed by atoms with Gasteiger partial charge in [0, 0.05) is 23.9 Å². The number of nitrogen functional groups attached to an aromatic ring is 1. The van der Waals surface area contributed by atoms with Crippen LogP contribution in [0.1, 0.15) is 17.5 Å². The Morgan fingerprint density at radius 3 is 2.38 bits per heavy atom. The number of aromatic nitrogens is 2. The van der Waals surface area contributed by atoms with Gasteiger partial charge in [-0.15, -0.1) is 0 Å². The standard InChI is InChI=1S/C19H18N4O2S/c20-18(21)14-6-4-13(5-7-14)16-11-23(19(26)22-16)15-8-1-12(2-9-15)3-10-17(24)25/h1-2,4-9,11H,3,10H2,(H3,20,21)(H,22,26)(H,24,25). The summed E-state index contributed by atoms with van der Waals surface area (Å²) < 4.78 is 2.43. The van der Waals surface area contributed by atoms with Crippen LogP contribution in [0.25, 0.3) is 16.9 Å². The van der Waals surface area contributed by atoms with Gasteiger partial charge in [0.15, 0.2) is 4.77 Å². The molecule has 0 atom stereocenters. The van der Waals surface area contributed by atoms with E-state index in [1.807, 2.05) is 47.2 Å². The average Bonchev–Trinajstić information content (AvgIpc) is 3.02. The summed E-state index contributed by atoms with van der Waals surface area (Å²) in [6.45, 7) is 0. The lowest BCUT2D eigenvalue weighted by Gasteiger charge is -2.04. The minimum atomic E-state index is -0.803. The van der Waals surface area contributed by atoms with Crippen LogP contribution in [0.3, 0.4) is 0 Å². The molecule has 132 valence electrons. The molecule has 0 bridgehead atoms. The number of carboxylic acids is 1. The predicted octanol–water partition coefficient (Wildman–Crippen LogP) is 3.50. The molecule has 0 saturated heterocycles. The van der Waals surface area contributed by atoms with Crippen molar-refractivity contribution in [1.29, 1.82) is 5.41 Å². The molecule has 0 amide bonds. The molecule has 0 saturated carbocycles. The predicted molar refractivity (Wildman–Crippen MR) is 103 cm³/mol. The van der Waals surface area contributed by atoms with Gasteiger partial charge in [0.2, 0.25) is 0 Å². The van der Waals surface area contributed by atoms with Crippen molar-refractivity contribution >= 4 is 24.0 Å². The number of carbonyl (C=O) groups is 1. The van der Waals surface area contributed by atoms with E-state index < -0.39 is 5.97 Å². The van der Waals surface area contributed by atoms with E-state index >= 15 is 0 Å². The van der Waals surface area contributed by atoms with Crippen molar-refractivity contribution in [2.24, 2.45) is 5.73 Å². The summed E-state index contributed by atoms with van der Waals surface area (Å²) in [4.78, 5) is 13.8. The first-order chi connectivity index (χ1) is 12.4. The Hall–Kier alpha value is -3.19. The Kier molecular flexibility index (Phi) is 4.99. The number of nitrogens with zero attached hydrogens (tertiary/aromatic N) is 1. The van der Waals surface area contributed by atoms with Crippen molar-refractivity contribution in [2.45, 2.75) is 12.8 Å². The number of aliphatic carboxylic acids is 1. The number of hydrogen-bond acceptors (Lipinski definition) is 3. The van der Waals surface area contributed by atoms with Gasteiger partial charge in [-0.3, -0.25) is 14.8 Å². The molecule has 3 aromatic rings. The fourth-order valence-corrected chi connectivity index (χ4v) is 2.91. The summed E-state index contributed by atoms with van der Waals surface area (Å²) in [5.41, 5.74) is 9.82. The van der Waals surface area contributed by atoms with Crippen LogP contribution in [-0.2, 0) is 11.2 Å². The lowest BCUT2D eigenvalue weighted by atomic mass is 10.1. The van der Waals surface area contributed by atoms with E-state index in [0.717, 1.165) is 22.5 Å². The molecular weight excluding hydrogens is 348 g/mol. The van der Waals surface area contributed by atoms with Gasteiger partial charge in [-0.1, -0.05) is 36.4 Å². The number of amidine groups is 1. The van der Waals surface area contributed by atoms with Crippen LogP contribution in [0.4, 0.5) is 0 Å². The monoisotopic (exact) mass is 366 g/mol. The second-order valence-corrected chi connectivity index (χ2v) is 6.28. The van der Waals surface area contributed by atoms with Gasteiger partial charge in [0.1, 0.15) is 5.84 Å². The lowest BCUT2D eigenvalue weighted by molar-refractivity contribution is -0.136. The van der Waals surface area contributed by atoms with Gasteiger partial charge in [-0.05, 0) is 41.9 Å². The third-order valence-corrected chi connectivity index (χ3v) is 4.37. The highest BCUT2D eigenvalue weighted by Gasteiger charge is 2.07. The van der Waals surface area contributed by atoms with Gasteiger partial charge in [-0.25, -0.2) is 0 Å². The van der Waals surface area contributed by atoms with Crippen LogP contribution in [0, 0.1) is 10.2 Å². The van der Waals surface area contributed by atoms with Crippen LogP contribution < -0.4 is 5.73 Å². The zero-order valence-corrected chi connectivity index (χ0v) is 14.7. The molecule has 0 spiro atoms. The van der Waals surface area contributed by atoms with Crippen molar-refractivity contribution in [3.8, 4) is 16.9 Å². The van der Waals surface area contributed by atoms with E-state index in [2.05, 4.69) is 4.98 Å². The quantitative estimate of drug-likeness (QED) is 0.304. The molecule has 0 radical (unpaired) electrons. The molecule has 0 aliphatic rings. The summed E-state index contributed by atoms with van der Waals surface area (Å²) in [6.07, 6.45) is 2.53. The Labute approximate surface area is 155 Å². The van der Waals surface area contributed by atoms with E-state index in [1.54, 1.807) is 12.1 Å². The first-order valence-electron chi connectivity index (χ1n) is 8.01. The number of aryl methyl sites for hydroxylation is 1. The van der Waals surface area contributed by atoms with Crippen molar-refractivity contribution in [1.82, 2.24) is 9.55 Å². The third kappa shape index (κ3) is 3.89. The number of hydrogen-bond donors (Lipinski definition) is 4. The molecule has 7 heteroatoms. The Morgan fingerprint density at radius 2 is 1.81 bits per heavy atom. The van der Waals surface area contributed by atoms with Crippen molar-refractivity contribution in [3.63, 3.8) is 0 Å². The molecule has 5 N–H and O–H groups in total.